The number of carboxylic acid groups (broad SMARTS) is 2. The molecule has 7 rings (SSSR count). The van der Waals surface area contributed by atoms with Crippen LogP contribution in [0.1, 0.15) is 94.4 Å². The number of nitrogens with two attached hydrogens (primary N) is 3. The summed E-state index contributed by atoms with van der Waals surface area (Å²) in [4.78, 5) is 191. The number of H-pyrrole nitrogens is 2. The molecule has 0 spiro atoms. The maximum absolute atomic E-state index is 15.0. The van der Waals surface area contributed by atoms with Gasteiger partial charge in [0.05, 0.1) is 71.9 Å². The van der Waals surface area contributed by atoms with E-state index in [-0.39, 0.29) is 225 Å². The maximum Gasteiger partial charge on any atom is 0.317 e. The number of unbranched alkanes of at least 4 members (excludes halogenated alkanes) is 1. The number of imidazole rings is 1. The summed E-state index contributed by atoms with van der Waals surface area (Å²) in [5, 5.41) is 62.6. The molecule has 10 amide bonds. The Morgan fingerprint density at radius 3 is 1.75 bits per heavy atom. The maximum atomic E-state index is 15.0. The molecule has 2 aromatic carbocycles. The van der Waals surface area contributed by atoms with Crippen LogP contribution in [0.2, 0.25) is 0 Å². The third-order valence-electron chi connectivity index (χ3n) is 19.7. The minimum absolute atomic E-state index is 0. The number of carbonyl (C=O) groups excluding carboxylic acids is 10. The number of hydrogen-bond donors (Lipinski definition) is 18. The third kappa shape index (κ3) is 35.4. The van der Waals surface area contributed by atoms with E-state index in [1.165, 1.54) is 12.5 Å². The first-order valence-electron chi connectivity index (χ1n) is 38.8. The molecule has 21 N–H and O–H groups in total. The molecule has 4 aromatic rings. The van der Waals surface area contributed by atoms with Crippen LogP contribution in [-0.2, 0) is 86.3 Å². The summed E-state index contributed by atoms with van der Waals surface area (Å²) in [5.74, 6) is -10.5. The zero-order valence-corrected chi connectivity index (χ0v) is 70.0. The molecule has 3 saturated heterocycles. The molecule has 1 radical (unpaired) electrons. The Kier molecular flexibility index (Phi) is 41.9. The number of aliphatic hydroxyl groups is 1. The number of aromatic amines is 2. The molecule has 3 aliphatic rings. The van der Waals surface area contributed by atoms with Gasteiger partial charge in [-0.15, -0.1) is 0 Å². The summed E-state index contributed by atoms with van der Waals surface area (Å²) in [7, 11) is 0. The van der Waals surface area contributed by atoms with Crippen LogP contribution in [0.15, 0.2) is 78.3 Å². The van der Waals surface area contributed by atoms with E-state index in [4.69, 9.17) is 32.1 Å². The van der Waals surface area contributed by atoms with E-state index >= 15 is 4.79 Å². The number of aromatic nitrogens is 3. The number of amides is 10. The van der Waals surface area contributed by atoms with Gasteiger partial charge in [0.15, 0.2) is 11.9 Å². The van der Waals surface area contributed by atoms with Crippen LogP contribution in [-0.4, -0.2) is 324 Å². The van der Waals surface area contributed by atoms with Gasteiger partial charge in [0.1, 0.15) is 42.3 Å². The average Bonchev–Trinajstić information content (AvgIpc) is 1.72. The summed E-state index contributed by atoms with van der Waals surface area (Å²) in [6.07, 6.45) is 5.72. The first kappa shape index (κ1) is 94.6. The van der Waals surface area contributed by atoms with Crippen molar-refractivity contribution in [1.82, 2.24) is 87.3 Å². The van der Waals surface area contributed by atoms with Gasteiger partial charge in [-0.2, -0.15) is 0 Å². The van der Waals surface area contributed by atoms with E-state index in [0.29, 0.717) is 75.2 Å². The van der Waals surface area contributed by atoms with Gasteiger partial charge in [-0.25, -0.2) is 4.98 Å². The largest absolute Gasteiger partial charge is 0.496 e. The summed E-state index contributed by atoms with van der Waals surface area (Å²) in [6.45, 7) is 4.72. The Labute approximate surface area is 703 Å². The van der Waals surface area contributed by atoms with Gasteiger partial charge in [-0.05, 0) is 68.6 Å². The average molecular weight is 1820 g/mol. The monoisotopic (exact) mass is 1820 g/mol. The minimum Gasteiger partial charge on any atom is -0.496 e. The number of aliphatic carboxylic acids is 2. The number of piperidine rings is 1. The Morgan fingerprint density at radius 2 is 1.16 bits per heavy atom. The minimum atomic E-state index is -1.70. The Morgan fingerprint density at radius 1 is 0.609 bits per heavy atom. The van der Waals surface area contributed by atoms with Crippen molar-refractivity contribution in [3.05, 3.63) is 90.1 Å². The SMILES string of the molecule is CCCC[C@H](NC(=O)CN1CCC(NC(=O)CN2CCOCCN(CC(=O)O)CCN(CC(=N)O)CCOCCN(CC(=O)O)CC2)CC1)C(=O)N[C@H]1CC(=O)NCCCC[C@@H](C(N)=O)NC(=O)[C@H](Cc2c[nH]c3ccccc23)NC(=O)[C@H](CCCN=C(N)N)NC(=O)[C@@H](Cc2ccccc2)NC(=O)[C@H](Cc2cnc[nH]2)NC1=O.[225Ac]. The molecule has 7 atom stereocenters. The fraction of sp³-hybridized carbons (Fsp3) is 0.587. The number of nitrogens with zero attached hydrogens (tertiary/aromatic N) is 7. The van der Waals surface area contributed by atoms with Gasteiger partial charge in [-0.3, -0.25) is 92.4 Å². The number of para-hydroxylation sites is 1. The molecule has 3 fully saturated rings. The Balaban J connectivity index is 0.0000206. The van der Waals surface area contributed by atoms with E-state index in [0.717, 1.165) is 10.9 Å². The number of aliphatic hydroxyl groups excluding tert-OH is 1. The van der Waals surface area contributed by atoms with Crippen LogP contribution in [0.4, 0.5) is 0 Å². The number of likely N-dealkylation sites (tertiary alicyclic amines) is 1. The molecule has 629 valence electrons. The quantitative estimate of drug-likeness (QED) is 0.0148. The van der Waals surface area contributed by atoms with Gasteiger partial charge in [0.2, 0.25) is 59.1 Å². The first-order valence-corrected chi connectivity index (χ1v) is 38.8. The van der Waals surface area contributed by atoms with Crippen molar-refractivity contribution < 1.29 is 126 Å². The van der Waals surface area contributed by atoms with Crippen molar-refractivity contribution in [3.63, 3.8) is 0 Å². The summed E-state index contributed by atoms with van der Waals surface area (Å²) in [6, 6.07) is 5.61. The molecule has 0 aliphatic carbocycles. The second-order valence-corrected chi connectivity index (χ2v) is 28.7. The normalized spacial score (nSPS) is 21.6. The van der Waals surface area contributed by atoms with E-state index in [1.54, 1.807) is 51.2 Å². The van der Waals surface area contributed by atoms with Gasteiger partial charge in [0, 0.05) is 177 Å². The number of fused-ring (bicyclic) bond motifs is 1. The van der Waals surface area contributed by atoms with Gasteiger partial charge in [-0.1, -0.05) is 68.3 Å². The van der Waals surface area contributed by atoms with Crippen molar-refractivity contribution in [3.8, 4) is 0 Å². The van der Waals surface area contributed by atoms with E-state index in [9.17, 15) is 68.1 Å². The van der Waals surface area contributed by atoms with Crippen molar-refractivity contribution in [2.75, 3.05) is 138 Å². The van der Waals surface area contributed by atoms with Crippen LogP contribution >= 0.6 is 0 Å². The zero-order chi connectivity index (χ0) is 82.3. The summed E-state index contributed by atoms with van der Waals surface area (Å²) >= 11 is 0. The molecule has 0 bridgehead atoms. The van der Waals surface area contributed by atoms with E-state index in [1.807, 2.05) is 41.0 Å². The molecular weight excluding hydrogens is 1710 g/mol. The van der Waals surface area contributed by atoms with Crippen LogP contribution in [0.5, 0.6) is 0 Å². The third-order valence-corrected chi connectivity index (χ3v) is 19.7. The number of aliphatic imine (C=N–C) groups is 1. The van der Waals surface area contributed by atoms with Crippen LogP contribution in [0, 0.1) is 49.5 Å². The molecule has 0 unspecified atom stereocenters. The Bertz CT molecular complexity index is 3830. The molecule has 3 aliphatic heterocycles. The van der Waals surface area contributed by atoms with Crippen molar-refractivity contribution >= 4 is 93.8 Å². The first-order chi connectivity index (χ1) is 54.8. The van der Waals surface area contributed by atoms with Crippen LogP contribution in [0.25, 0.3) is 10.9 Å². The van der Waals surface area contributed by atoms with Crippen molar-refractivity contribution in [1.29, 1.82) is 5.41 Å². The Hall–Kier alpha value is -9.27. The predicted octanol–water partition coefficient (Wildman–Crippen LogP) is -3.73. The topological polar surface area (TPSA) is 567 Å². The van der Waals surface area contributed by atoms with E-state index < -0.39 is 120 Å². The number of hydrogen-bond acceptors (Lipinski definition) is 22. The molecule has 0 saturated carbocycles. The number of carbonyl (C=O) groups is 12. The predicted molar refractivity (Wildman–Crippen MR) is 419 cm³/mol. The second-order valence-electron chi connectivity index (χ2n) is 28.7. The molecule has 40 heteroatoms. The number of benzene rings is 2. The van der Waals surface area contributed by atoms with Crippen LogP contribution < -0.4 is 65.1 Å². The van der Waals surface area contributed by atoms with Crippen molar-refractivity contribution in [2.45, 2.75) is 145 Å². The number of guanidine groups is 1. The second kappa shape index (κ2) is 50.9. The van der Waals surface area contributed by atoms with Gasteiger partial charge < -0.3 is 99.8 Å². The van der Waals surface area contributed by atoms with Gasteiger partial charge in [0.25, 0.3) is 0 Å². The van der Waals surface area contributed by atoms with E-state index in [2.05, 4.69) is 67.8 Å². The number of ether oxygens (including phenoxy) is 2. The number of carboxylic acids is 2. The van der Waals surface area contributed by atoms with Gasteiger partial charge >= 0.3 is 11.9 Å². The molecule has 2 aromatic heterocycles. The molecule has 115 heavy (non-hydrogen) atoms. The summed E-state index contributed by atoms with van der Waals surface area (Å²) < 4.78 is 11.8. The zero-order valence-electron chi connectivity index (χ0n) is 65.3. The summed E-state index contributed by atoms with van der Waals surface area (Å²) in [5.41, 5.74) is 19.5. The molecular formula is C75H114AcN22O17. The smallest absolute Gasteiger partial charge is 0.317 e. The molecule has 39 nitrogen and oxygen atoms in total. The van der Waals surface area contributed by atoms with Crippen molar-refractivity contribution in [2.24, 2.45) is 22.2 Å². The fourth-order valence-corrected chi connectivity index (χ4v) is 13.5. The van der Waals surface area contributed by atoms with Crippen LogP contribution in [0.3, 0.4) is 0 Å². The number of nitrogens with one attached hydrogen (secondary N) is 12. The standard InChI is InChI=1S/C75H114N22O17.Ac/c1-2-3-15-56(86-65(101)45-93-23-19-51(20-24-93)85-64(100)44-95-26-28-97(47-67(104)105)32-35-113-33-29-94(43-62(76)98)25-27-96(46-66(102)103)31-36-114-34-30-95)69(107)92-61-40-63(99)81-21-10-9-17-55(68(77)106)87-72(110)59(38-50-41-83-54-16-8-7-14-53(50)54)90-70(108)57(18-11-22-82-75(78)79)88-71(109)58(37-49-12-5-4-6-13-49)89-73(111)60(91-74(61)112)39-52-42-80-48-84-52;/h4-8,12-14,16,41-42,48,51,55-61,83H,2-3,9-11,15,17-40,43-47H2,1H3,(H2,76,98)(H2,77,106)(H,80,84)(H,81,99)(H,85,100)(H,86,101)(H,87,110)(H,88,109)(H,89,111)(H,90,108)(H,91,112)(H,92,107)(H,102,103)(H,104,105)(H4,78,79,82);/t55-,56-,57-,58+,59-,60-,61-;/m0./s1/i;1-2. The number of rotatable bonds is 28. The fourth-order valence-electron chi connectivity index (χ4n) is 13.5. The molecule has 5 heterocycles. The number of primary amides is 1.